The Balaban J connectivity index is 2.87. The van der Waals surface area contributed by atoms with E-state index in [2.05, 4.69) is 5.32 Å². The molecule has 1 aromatic carbocycles. The highest BCUT2D eigenvalue weighted by Gasteiger charge is 2.21. The molecule has 0 fully saturated rings. The van der Waals surface area contributed by atoms with Gasteiger partial charge in [-0.1, -0.05) is 12.1 Å². The van der Waals surface area contributed by atoms with E-state index in [1.54, 1.807) is 33.1 Å². The average Bonchev–Trinajstić information content (AvgIpc) is 2.38. The van der Waals surface area contributed by atoms with Gasteiger partial charge in [0, 0.05) is 13.7 Å². The Morgan fingerprint density at radius 1 is 1.47 bits per heavy atom. The predicted octanol–water partition coefficient (Wildman–Crippen LogP) is 1.97. The molecule has 5 heteroatoms. The van der Waals surface area contributed by atoms with Gasteiger partial charge in [0.25, 0.3) is 0 Å². The van der Waals surface area contributed by atoms with E-state index in [4.69, 9.17) is 9.47 Å². The molecule has 4 nitrogen and oxygen atoms in total. The molecule has 106 valence electrons. The van der Waals surface area contributed by atoms with Gasteiger partial charge < -0.3 is 9.47 Å². The van der Waals surface area contributed by atoms with Gasteiger partial charge in [-0.25, -0.2) is 9.18 Å². The molecule has 1 atom stereocenters. The summed E-state index contributed by atoms with van der Waals surface area (Å²) in [6, 6.07) is 4.05. The molecule has 1 aromatic rings. The molecule has 1 N–H and O–H groups in total. The first-order chi connectivity index (χ1) is 9.10. The smallest absolute Gasteiger partial charge is 0.327 e. The number of methoxy groups -OCH3 is 1. The molecule has 1 rings (SSSR count). The first-order valence-electron chi connectivity index (χ1n) is 6.25. The second kappa shape index (κ2) is 7.86. The lowest BCUT2D eigenvalue weighted by atomic mass is 10.0. The van der Waals surface area contributed by atoms with E-state index in [1.807, 2.05) is 0 Å². The fraction of sp³-hybridized carbons (Fsp3) is 0.500. The number of hydrogen-bond acceptors (Lipinski definition) is 4. The van der Waals surface area contributed by atoms with Gasteiger partial charge in [0.05, 0.1) is 13.2 Å². The number of esters is 1. The fourth-order valence-electron chi connectivity index (χ4n) is 1.66. The minimum Gasteiger partial charge on any atom is -0.465 e. The number of hydrogen-bond donors (Lipinski definition) is 1. The van der Waals surface area contributed by atoms with Crippen LogP contribution in [0.2, 0.25) is 0 Å². The zero-order chi connectivity index (χ0) is 14.3. The lowest BCUT2D eigenvalue weighted by Crippen LogP contribution is -2.32. The van der Waals surface area contributed by atoms with Crippen LogP contribution in [0.25, 0.3) is 0 Å². The summed E-state index contributed by atoms with van der Waals surface area (Å²) in [6.45, 7) is 4.64. The third kappa shape index (κ3) is 4.61. The minimum atomic E-state index is -0.676. The molecule has 0 saturated heterocycles. The Morgan fingerprint density at radius 2 is 2.21 bits per heavy atom. The number of carbonyl (C=O) groups excluding carboxylic acids is 1. The van der Waals surface area contributed by atoms with E-state index in [-0.39, 0.29) is 12.4 Å². The van der Waals surface area contributed by atoms with E-state index >= 15 is 0 Å². The van der Waals surface area contributed by atoms with Crippen LogP contribution in [-0.2, 0) is 14.3 Å². The highest BCUT2D eigenvalue weighted by Crippen LogP contribution is 2.18. The van der Waals surface area contributed by atoms with Crippen LogP contribution in [0.15, 0.2) is 18.2 Å². The van der Waals surface area contributed by atoms with Crippen molar-refractivity contribution in [3.8, 4) is 0 Å². The maximum absolute atomic E-state index is 13.6. The highest BCUT2D eigenvalue weighted by atomic mass is 19.1. The normalized spacial score (nSPS) is 12.2. The topological polar surface area (TPSA) is 47.6 Å². The molecule has 0 bridgehead atoms. The molecule has 0 radical (unpaired) electrons. The molecule has 0 saturated carbocycles. The van der Waals surface area contributed by atoms with Gasteiger partial charge >= 0.3 is 5.97 Å². The van der Waals surface area contributed by atoms with Gasteiger partial charge in [0.1, 0.15) is 11.9 Å². The summed E-state index contributed by atoms with van der Waals surface area (Å²) in [4.78, 5) is 11.9. The zero-order valence-corrected chi connectivity index (χ0v) is 11.5. The molecular weight excluding hydrogens is 249 g/mol. The number of rotatable bonds is 7. The molecular formula is C14H20FNO3. The Kier molecular flexibility index (Phi) is 6.45. The van der Waals surface area contributed by atoms with Gasteiger partial charge in [-0.2, -0.15) is 0 Å². The maximum Gasteiger partial charge on any atom is 0.327 e. The lowest BCUT2D eigenvalue weighted by molar-refractivity contribution is -0.145. The van der Waals surface area contributed by atoms with Crippen molar-refractivity contribution in [1.82, 2.24) is 5.32 Å². The SMILES string of the molecule is CCOC(=O)C(NCCOC)c1ccc(C)c(F)c1. The molecule has 0 heterocycles. The van der Waals surface area contributed by atoms with E-state index in [0.717, 1.165) is 0 Å². The lowest BCUT2D eigenvalue weighted by Gasteiger charge is -2.18. The third-order valence-electron chi connectivity index (χ3n) is 2.71. The summed E-state index contributed by atoms with van der Waals surface area (Å²) in [7, 11) is 1.58. The number of ether oxygens (including phenoxy) is 2. The number of halogens is 1. The molecule has 0 amide bonds. The molecule has 0 spiro atoms. The van der Waals surface area contributed by atoms with Crippen LogP contribution in [0.5, 0.6) is 0 Å². The van der Waals surface area contributed by atoms with Crippen LogP contribution in [0.4, 0.5) is 4.39 Å². The first-order valence-corrected chi connectivity index (χ1v) is 6.25. The molecule has 0 aliphatic carbocycles. The molecule has 19 heavy (non-hydrogen) atoms. The fourth-order valence-corrected chi connectivity index (χ4v) is 1.66. The average molecular weight is 269 g/mol. The van der Waals surface area contributed by atoms with E-state index in [0.29, 0.717) is 24.3 Å². The Hall–Kier alpha value is -1.46. The highest BCUT2D eigenvalue weighted by molar-refractivity contribution is 5.77. The van der Waals surface area contributed by atoms with Crippen molar-refractivity contribution in [2.24, 2.45) is 0 Å². The first kappa shape index (κ1) is 15.6. The van der Waals surface area contributed by atoms with Gasteiger partial charge in [-0.15, -0.1) is 0 Å². The number of nitrogens with one attached hydrogen (secondary N) is 1. The van der Waals surface area contributed by atoms with Gasteiger partial charge in [0.15, 0.2) is 0 Å². The second-order valence-electron chi connectivity index (χ2n) is 4.14. The predicted molar refractivity (Wildman–Crippen MR) is 70.4 cm³/mol. The molecule has 0 aliphatic rings. The van der Waals surface area contributed by atoms with Crippen molar-refractivity contribution < 1.29 is 18.7 Å². The van der Waals surface area contributed by atoms with Crippen molar-refractivity contribution in [3.05, 3.63) is 35.1 Å². The van der Waals surface area contributed by atoms with Gasteiger partial charge in [0.2, 0.25) is 0 Å². The zero-order valence-electron chi connectivity index (χ0n) is 11.5. The monoisotopic (exact) mass is 269 g/mol. The summed E-state index contributed by atoms with van der Waals surface area (Å²) >= 11 is 0. The van der Waals surface area contributed by atoms with E-state index in [1.165, 1.54) is 6.07 Å². The van der Waals surface area contributed by atoms with Crippen LogP contribution in [0.1, 0.15) is 24.1 Å². The van der Waals surface area contributed by atoms with Crippen molar-refractivity contribution in [2.75, 3.05) is 26.9 Å². The number of carbonyl (C=O) groups is 1. The Labute approximate surface area is 112 Å². The summed E-state index contributed by atoms with van der Waals surface area (Å²) in [5.74, 6) is -0.748. The van der Waals surface area contributed by atoms with Crippen molar-refractivity contribution >= 4 is 5.97 Å². The van der Waals surface area contributed by atoms with Crippen LogP contribution in [0, 0.1) is 12.7 Å². The largest absolute Gasteiger partial charge is 0.465 e. The summed E-state index contributed by atoms with van der Waals surface area (Å²) in [5, 5.41) is 3.00. The van der Waals surface area contributed by atoms with Crippen molar-refractivity contribution in [3.63, 3.8) is 0 Å². The molecule has 1 unspecified atom stereocenters. The van der Waals surface area contributed by atoms with Gasteiger partial charge in [-0.3, -0.25) is 5.32 Å². The summed E-state index contributed by atoms with van der Waals surface area (Å²) < 4.78 is 23.5. The van der Waals surface area contributed by atoms with E-state index < -0.39 is 12.0 Å². The van der Waals surface area contributed by atoms with Crippen LogP contribution < -0.4 is 5.32 Å². The number of benzene rings is 1. The van der Waals surface area contributed by atoms with Crippen molar-refractivity contribution in [2.45, 2.75) is 19.9 Å². The summed E-state index contributed by atoms with van der Waals surface area (Å²) in [6.07, 6.45) is 0. The Morgan fingerprint density at radius 3 is 2.79 bits per heavy atom. The maximum atomic E-state index is 13.6. The second-order valence-corrected chi connectivity index (χ2v) is 4.14. The van der Waals surface area contributed by atoms with Gasteiger partial charge in [-0.05, 0) is 31.0 Å². The summed E-state index contributed by atoms with van der Waals surface area (Å²) in [5.41, 5.74) is 1.10. The Bertz CT molecular complexity index is 423. The molecule has 0 aliphatic heterocycles. The third-order valence-corrected chi connectivity index (χ3v) is 2.71. The van der Waals surface area contributed by atoms with Crippen molar-refractivity contribution in [1.29, 1.82) is 0 Å². The number of aryl methyl sites for hydroxylation is 1. The standard InChI is InChI=1S/C14H20FNO3/c1-4-19-14(17)13(16-7-8-18-3)11-6-5-10(2)12(15)9-11/h5-6,9,13,16H,4,7-8H2,1-3H3. The quantitative estimate of drug-likeness (QED) is 0.607. The van der Waals surface area contributed by atoms with Crippen LogP contribution in [-0.4, -0.2) is 32.8 Å². The minimum absolute atomic E-state index is 0.287. The molecule has 0 aromatic heterocycles. The van der Waals surface area contributed by atoms with E-state index in [9.17, 15) is 9.18 Å². The van der Waals surface area contributed by atoms with Crippen LogP contribution in [0.3, 0.4) is 0 Å². The van der Waals surface area contributed by atoms with Crippen LogP contribution >= 0.6 is 0 Å².